The second-order valence-electron chi connectivity index (χ2n) is 11.5. The topological polar surface area (TPSA) is 129 Å². The van der Waals surface area contributed by atoms with Crippen LogP contribution >= 0.6 is 0 Å². The van der Waals surface area contributed by atoms with E-state index < -0.39 is 39.8 Å². The number of piperidine rings is 1. The molecule has 0 saturated carbocycles. The average Bonchev–Trinajstić information content (AvgIpc) is 2.92. The third kappa shape index (κ3) is 7.33. The van der Waals surface area contributed by atoms with E-state index in [1.54, 1.807) is 60.9 Å². The summed E-state index contributed by atoms with van der Waals surface area (Å²) in [5.74, 6) is -1.34. The second-order valence-corrected chi connectivity index (χ2v) is 11.5. The molecule has 0 aliphatic carbocycles. The Bertz CT molecular complexity index is 1270. The Balaban J connectivity index is 1.93. The van der Waals surface area contributed by atoms with E-state index >= 15 is 0 Å². The number of nitro benzene ring substituents is 1. The first-order valence-electron chi connectivity index (χ1n) is 13.6. The van der Waals surface area contributed by atoms with Crippen molar-refractivity contribution in [1.29, 1.82) is 0 Å². The van der Waals surface area contributed by atoms with Crippen molar-refractivity contribution in [3.63, 3.8) is 0 Å². The van der Waals surface area contributed by atoms with Gasteiger partial charge in [0.25, 0.3) is 5.91 Å². The van der Waals surface area contributed by atoms with Crippen molar-refractivity contribution < 1.29 is 33.5 Å². The number of carbonyl (C=O) groups excluding carboxylic acids is 3. The minimum atomic E-state index is -1.68. The molecule has 2 aromatic carbocycles. The van der Waals surface area contributed by atoms with Crippen LogP contribution in [0.2, 0.25) is 0 Å². The van der Waals surface area contributed by atoms with E-state index in [0.717, 1.165) is 6.07 Å². The number of hydrogen-bond donors (Lipinski definition) is 0. The molecule has 0 bridgehead atoms. The van der Waals surface area contributed by atoms with E-state index in [-0.39, 0.29) is 29.9 Å². The average molecular weight is 570 g/mol. The summed E-state index contributed by atoms with van der Waals surface area (Å²) in [6.07, 6.45) is 0.905. The third-order valence-corrected chi connectivity index (χ3v) is 6.85. The molecular weight excluding hydrogens is 530 g/mol. The number of hydrogen-bond acceptors (Lipinski definition) is 8. The molecule has 222 valence electrons. The molecule has 1 aliphatic rings. The lowest BCUT2D eigenvalue weighted by atomic mass is 9.95. The maximum atomic E-state index is 13.8. The predicted molar refractivity (Wildman–Crippen MR) is 152 cm³/mol. The van der Waals surface area contributed by atoms with Gasteiger partial charge in [-0.25, -0.2) is 9.59 Å². The molecule has 2 atom stereocenters. The molecule has 0 unspecified atom stereocenters. The molecule has 3 rings (SSSR count). The number of rotatable bonds is 8. The van der Waals surface area contributed by atoms with Gasteiger partial charge in [-0.3, -0.25) is 14.9 Å². The Labute approximate surface area is 240 Å². The van der Waals surface area contributed by atoms with Crippen LogP contribution in [0.1, 0.15) is 70.3 Å². The summed E-state index contributed by atoms with van der Waals surface area (Å²) in [6.45, 7) is 11.4. The quantitative estimate of drug-likeness (QED) is 0.238. The number of amides is 2. The smallest absolute Gasteiger partial charge is 0.410 e. The summed E-state index contributed by atoms with van der Waals surface area (Å²) in [7, 11) is 1.21. The van der Waals surface area contributed by atoms with Crippen LogP contribution in [0.3, 0.4) is 0 Å². The van der Waals surface area contributed by atoms with Crippen molar-refractivity contribution >= 4 is 23.7 Å². The highest BCUT2D eigenvalue weighted by Crippen LogP contribution is 2.36. The summed E-state index contributed by atoms with van der Waals surface area (Å²) in [5, 5.41) is 12.1. The van der Waals surface area contributed by atoms with Gasteiger partial charge in [-0.2, -0.15) is 0 Å². The van der Waals surface area contributed by atoms with Crippen molar-refractivity contribution in [3.8, 4) is 5.75 Å². The Morgan fingerprint density at radius 2 is 1.73 bits per heavy atom. The van der Waals surface area contributed by atoms with Gasteiger partial charge in [-0.05, 0) is 66.5 Å². The Hall–Kier alpha value is -4.15. The van der Waals surface area contributed by atoms with Crippen LogP contribution in [0.25, 0.3) is 0 Å². The van der Waals surface area contributed by atoms with Gasteiger partial charge in [0.1, 0.15) is 5.60 Å². The Kier molecular flexibility index (Phi) is 9.62. The van der Waals surface area contributed by atoms with Crippen molar-refractivity contribution in [1.82, 2.24) is 9.80 Å². The molecule has 0 N–H and O–H groups in total. The van der Waals surface area contributed by atoms with Crippen LogP contribution in [0.15, 0.2) is 48.5 Å². The summed E-state index contributed by atoms with van der Waals surface area (Å²) in [4.78, 5) is 54.0. The lowest BCUT2D eigenvalue weighted by Crippen LogP contribution is -2.54. The largest absolute Gasteiger partial charge is 0.466 e. The van der Waals surface area contributed by atoms with Crippen LogP contribution in [0, 0.1) is 10.1 Å². The SMILES string of the molecule is COC(=O)[C@@](C)(Oc1ccc(C(=O)N(C(C)C)[C@@H]2CCCN(C(=O)OC(C)(C)C)C2)cc1[N+](=O)[O-])c1ccccc1. The van der Waals surface area contributed by atoms with Gasteiger partial charge in [-0.15, -0.1) is 0 Å². The van der Waals surface area contributed by atoms with Crippen LogP contribution in [0.4, 0.5) is 10.5 Å². The molecule has 1 aliphatic heterocycles. The molecule has 1 saturated heterocycles. The van der Waals surface area contributed by atoms with Crippen molar-refractivity contribution in [2.75, 3.05) is 20.2 Å². The van der Waals surface area contributed by atoms with Gasteiger partial charge in [0.15, 0.2) is 5.75 Å². The Morgan fingerprint density at radius 1 is 1.07 bits per heavy atom. The van der Waals surface area contributed by atoms with Crippen LogP contribution in [-0.2, 0) is 19.9 Å². The molecule has 41 heavy (non-hydrogen) atoms. The highest BCUT2D eigenvalue weighted by atomic mass is 16.6. The summed E-state index contributed by atoms with van der Waals surface area (Å²) >= 11 is 0. The van der Waals surface area contributed by atoms with Crippen molar-refractivity contribution in [2.45, 2.75) is 77.7 Å². The molecular formula is C30H39N3O8. The second kappa shape index (κ2) is 12.6. The zero-order chi connectivity index (χ0) is 30.5. The van der Waals surface area contributed by atoms with Gasteiger partial charge in [0, 0.05) is 36.3 Å². The fraction of sp³-hybridized carbons (Fsp3) is 0.500. The van der Waals surface area contributed by atoms with Crippen LogP contribution < -0.4 is 4.74 Å². The van der Waals surface area contributed by atoms with E-state index in [1.807, 2.05) is 13.8 Å². The lowest BCUT2D eigenvalue weighted by Gasteiger charge is -2.41. The molecule has 11 nitrogen and oxygen atoms in total. The van der Waals surface area contributed by atoms with Gasteiger partial charge >= 0.3 is 17.7 Å². The zero-order valence-electron chi connectivity index (χ0n) is 24.7. The number of nitro groups is 1. The molecule has 0 radical (unpaired) electrons. The fourth-order valence-corrected chi connectivity index (χ4v) is 4.91. The number of likely N-dealkylation sites (tertiary alicyclic amines) is 1. The maximum absolute atomic E-state index is 13.8. The van der Waals surface area contributed by atoms with E-state index in [1.165, 1.54) is 26.2 Å². The minimum absolute atomic E-state index is 0.0895. The minimum Gasteiger partial charge on any atom is -0.466 e. The third-order valence-electron chi connectivity index (χ3n) is 6.85. The lowest BCUT2D eigenvalue weighted by molar-refractivity contribution is -0.386. The monoisotopic (exact) mass is 569 g/mol. The van der Waals surface area contributed by atoms with E-state index in [9.17, 15) is 24.5 Å². The maximum Gasteiger partial charge on any atom is 0.410 e. The number of benzene rings is 2. The predicted octanol–water partition coefficient (Wildman–Crippen LogP) is 5.31. The molecule has 0 spiro atoms. The molecule has 1 heterocycles. The fourth-order valence-electron chi connectivity index (χ4n) is 4.91. The Morgan fingerprint density at radius 3 is 2.29 bits per heavy atom. The molecule has 1 fully saturated rings. The number of ether oxygens (including phenoxy) is 3. The summed E-state index contributed by atoms with van der Waals surface area (Å²) < 4.78 is 16.4. The number of nitrogens with zero attached hydrogens (tertiary/aromatic N) is 3. The highest BCUT2D eigenvalue weighted by Gasteiger charge is 2.41. The number of esters is 1. The number of methoxy groups -OCH3 is 1. The summed E-state index contributed by atoms with van der Waals surface area (Å²) in [6, 6.07) is 11.9. The van der Waals surface area contributed by atoms with E-state index in [2.05, 4.69) is 0 Å². The van der Waals surface area contributed by atoms with Gasteiger partial charge in [0.05, 0.1) is 18.1 Å². The first-order chi connectivity index (χ1) is 19.2. The number of carbonyl (C=O) groups is 3. The zero-order valence-corrected chi connectivity index (χ0v) is 24.7. The summed E-state index contributed by atoms with van der Waals surface area (Å²) in [5.41, 5.74) is -2.26. The molecule has 11 heteroatoms. The van der Waals surface area contributed by atoms with Gasteiger partial charge in [-0.1, -0.05) is 30.3 Å². The van der Waals surface area contributed by atoms with Crippen LogP contribution in [-0.4, -0.2) is 70.6 Å². The highest BCUT2D eigenvalue weighted by molar-refractivity contribution is 5.95. The van der Waals surface area contributed by atoms with E-state index in [0.29, 0.717) is 24.9 Å². The molecule has 0 aromatic heterocycles. The first kappa shape index (κ1) is 31.4. The van der Waals surface area contributed by atoms with Gasteiger partial charge in [0.2, 0.25) is 5.60 Å². The normalized spacial score (nSPS) is 16.9. The van der Waals surface area contributed by atoms with Crippen molar-refractivity contribution in [3.05, 3.63) is 69.8 Å². The van der Waals surface area contributed by atoms with Gasteiger partial charge < -0.3 is 24.0 Å². The van der Waals surface area contributed by atoms with E-state index in [4.69, 9.17) is 14.2 Å². The van der Waals surface area contributed by atoms with Crippen molar-refractivity contribution in [2.24, 2.45) is 0 Å². The standard InChI is InChI=1S/C30H39N3O8/c1-20(2)32(23-14-11-17-31(19-23)28(36)41-29(3,4)5)26(34)21-15-16-25(24(18-21)33(37)38)40-30(6,27(35)39-7)22-12-9-8-10-13-22/h8-10,12-13,15-16,18,20,23H,11,14,17,19H2,1-7H3/t23-,30+/m1/s1. The molecule has 2 aromatic rings. The first-order valence-corrected chi connectivity index (χ1v) is 13.6. The molecule has 2 amide bonds. The van der Waals surface area contributed by atoms with Crippen LogP contribution in [0.5, 0.6) is 5.75 Å².